The molecule has 0 bridgehead atoms. The van der Waals surface area contributed by atoms with Crippen LogP contribution in [0.3, 0.4) is 0 Å². The maximum Gasteiger partial charge on any atom is 0.338 e. The van der Waals surface area contributed by atoms with Crippen LogP contribution >= 0.6 is 11.3 Å². The number of thiazole rings is 1. The summed E-state index contributed by atoms with van der Waals surface area (Å²) in [6.07, 6.45) is 1.87. The van der Waals surface area contributed by atoms with E-state index in [0.29, 0.717) is 38.6 Å². The highest BCUT2D eigenvalue weighted by Crippen LogP contribution is 2.37. The van der Waals surface area contributed by atoms with Gasteiger partial charge in [0.15, 0.2) is 4.80 Å². The minimum Gasteiger partial charge on any atom is -0.497 e. The number of non-ortho nitro benzene ring substituents is 1. The predicted molar refractivity (Wildman–Crippen MR) is 179 cm³/mol. The number of aromatic nitrogens is 2. The Morgan fingerprint density at radius 2 is 1.81 bits per heavy atom. The second-order valence-electron chi connectivity index (χ2n) is 10.9. The molecule has 1 aliphatic heterocycles. The van der Waals surface area contributed by atoms with Crippen molar-refractivity contribution in [1.29, 1.82) is 0 Å². The molecule has 0 amide bonds. The maximum absolute atomic E-state index is 14.4. The summed E-state index contributed by atoms with van der Waals surface area (Å²) < 4.78 is 20.7. The number of benzene rings is 3. The molecule has 0 spiro atoms. The number of fused-ring (bicyclic) bond motifs is 2. The molecule has 0 N–H and O–H groups in total. The Morgan fingerprint density at radius 3 is 2.49 bits per heavy atom. The van der Waals surface area contributed by atoms with Crippen LogP contribution in [0.5, 0.6) is 11.5 Å². The number of hydrogen-bond donors (Lipinski definition) is 0. The van der Waals surface area contributed by atoms with Crippen molar-refractivity contribution in [2.45, 2.75) is 33.4 Å². The number of methoxy groups -OCH3 is 2. The van der Waals surface area contributed by atoms with Crippen LogP contribution in [0.1, 0.15) is 42.3 Å². The van der Waals surface area contributed by atoms with Gasteiger partial charge in [-0.3, -0.25) is 19.5 Å². The number of carbonyl (C=O) groups excluding carboxylic acids is 1. The molecule has 47 heavy (non-hydrogen) atoms. The summed E-state index contributed by atoms with van der Waals surface area (Å²) >= 11 is 1.25. The molecular formula is C35H32N4O7S. The summed E-state index contributed by atoms with van der Waals surface area (Å²) in [5.41, 5.74) is 4.68. The molecule has 5 aromatic rings. The second-order valence-corrected chi connectivity index (χ2v) is 11.9. The van der Waals surface area contributed by atoms with Crippen LogP contribution in [-0.4, -0.2) is 40.9 Å². The highest BCUT2D eigenvalue weighted by atomic mass is 32.1. The molecule has 0 saturated heterocycles. The molecular weight excluding hydrogens is 620 g/mol. The second kappa shape index (κ2) is 12.7. The lowest BCUT2D eigenvalue weighted by Gasteiger charge is -2.26. The molecule has 0 aliphatic carbocycles. The van der Waals surface area contributed by atoms with Gasteiger partial charge in [0.1, 0.15) is 17.5 Å². The Labute approximate surface area is 273 Å². The average Bonchev–Trinajstić information content (AvgIpc) is 3.52. The fraction of sp³-hybridized carbons (Fsp3) is 0.229. The quantitative estimate of drug-likeness (QED) is 0.124. The third kappa shape index (κ3) is 5.61. The lowest BCUT2D eigenvalue weighted by atomic mass is 9.95. The number of nitro benzene ring substituents is 1. The Morgan fingerprint density at radius 1 is 1.06 bits per heavy atom. The molecule has 2 aromatic heterocycles. The van der Waals surface area contributed by atoms with Crippen molar-refractivity contribution in [3.8, 4) is 11.5 Å². The monoisotopic (exact) mass is 652 g/mol. The molecule has 3 aromatic carbocycles. The maximum atomic E-state index is 14.4. The van der Waals surface area contributed by atoms with Crippen LogP contribution in [0.2, 0.25) is 0 Å². The fourth-order valence-corrected chi connectivity index (χ4v) is 7.04. The predicted octanol–water partition coefficient (Wildman–Crippen LogP) is 5.04. The van der Waals surface area contributed by atoms with E-state index in [0.717, 1.165) is 27.7 Å². The zero-order chi connectivity index (χ0) is 33.4. The van der Waals surface area contributed by atoms with Gasteiger partial charge in [-0.15, -0.1) is 0 Å². The van der Waals surface area contributed by atoms with E-state index in [1.807, 2.05) is 37.3 Å². The van der Waals surface area contributed by atoms with Crippen molar-refractivity contribution in [2.24, 2.45) is 4.99 Å². The topological polar surface area (TPSA) is 127 Å². The van der Waals surface area contributed by atoms with E-state index < -0.39 is 16.9 Å². The molecule has 240 valence electrons. The molecule has 0 radical (unpaired) electrons. The molecule has 0 unspecified atom stereocenters. The Bertz CT molecular complexity index is 2260. The smallest absolute Gasteiger partial charge is 0.338 e. The van der Waals surface area contributed by atoms with Crippen LogP contribution in [0.4, 0.5) is 5.69 Å². The summed E-state index contributed by atoms with van der Waals surface area (Å²) in [5, 5.41) is 12.1. The van der Waals surface area contributed by atoms with Crippen molar-refractivity contribution >= 4 is 40.0 Å². The molecule has 6 rings (SSSR count). The van der Waals surface area contributed by atoms with Gasteiger partial charge in [-0.25, -0.2) is 9.79 Å². The number of rotatable bonds is 9. The van der Waals surface area contributed by atoms with Crippen molar-refractivity contribution in [3.05, 3.63) is 130 Å². The number of nitro groups is 1. The summed E-state index contributed by atoms with van der Waals surface area (Å²) in [4.78, 5) is 43.6. The number of esters is 1. The molecule has 11 nitrogen and oxygen atoms in total. The minimum atomic E-state index is -0.849. The highest BCUT2D eigenvalue weighted by molar-refractivity contribution is 7.07. The van der Waals surface area contributed by atoms with Gasteiger partial charge in [0.05, 0.1) is 41.6 Å². The third-order valence-electron chi connectivity index (χ3n) is 8.30. The summed E-state index contributed by atoms with van der Waals surface area (Å²) in [7, 11) is 3.08. The Kier molecular flexibility index (Phi) is 8.52. The van der Waals surface area contributed by atoms with Gasteiger partial charge in [-0.05, 0) is 50.6 Å². The van der Waals surface area contributed by atoms with Crippen molar-refractivity contribution in [2.75, 3.05) is 20.8 Å². The first-order valence-corrected chi connectivity index (χ1v) is 15.7. The zero-order valence-corrected chi connectivity index (χ0v) is 27.3. The van der Waals surface area contributed by atoms with Crippen LogP contribution in [0.25, 0.3) is 17.0 Å². The number of carbonyl (C=O) groups is 1. The van der Waals surface area contributed by atoms with Crippen molar-refractivity contribution in [1.82, 2.24) is 9.13 Å². The van der Waals surface area contributed by atoms with E-state index in [9.17, 15) is 19.7 Å². The average molecular weight is 653 g/mol. The molecule has 12 heteroatoms. The zero-order valence-electron chi connectivity index (χ0n) is 26.5. The Balaban J connectivity index is 1.53. The molecule has 1 atom stereocenters. The van der Waals surface area contributed by atoms with E-state index in [1.165, 1.54) is 35.1 Å². The number of nitrogens with zero attached hydrogens (tertiary/aromatic N) is 4. The van der Waals surface area contributed by atoms with E-state index in [4.69, 9.17) is 19.2 Å². The largest absolute Gasteiger partial charge is 0.497 e. The first kappa shape index (κ1) is 31.5. The number of ether oxygens (including phenoxy) is 3. The van der Waals surface area contributed by atoms with Gasteiger partial charge in [-0.2, -0.15) is 0 Å². The molecule has 0 saturated carbocycles. The van der Waals surface area contributed by atoms with E-state index in [1.54, 1.807) is 51.3 Å². The molecule has 1 aliphatic rings. The highest BCUT2D eigenvalue weighted by Gasteiger charge is 2.35. The van der Waals surface area contributed by atoms with Crippen LogP contribution in [0, 0.1) is 17.0 Å². The van der Waals surface area contributed by atoms with Crippen LogP contribution in [-0.2, 0) is 16.1 Å². The van der Waals surface area contributed by atoms with Crippen molar-refractivity contribution < 1.29 is 23.9 Å². The molecule has 0 fully saturated rings. The summed E-state index contributed by atoms with van der Waals surface area (Å²) in [6.45, 7) is 6.10. The van der Waals surface area contributed by atoms with Gasteiger partial charge in [0.2, 0.25) is 0 Å². The standard InChI is InChI=1S/C35H32N4O7S/c1-6-46-34(41)31-20(2)36-35-38(32(31)26-16-15-24(44-4)17-29(26)45-5)33(40)30(47-35)18-27-21(3)37(28-10-8-7-9-25(27)28)19-22-11-13-23(14-12-22)39(42)43/h7-18,32H,6,19H2,1-5H3/b30-18-/t32-/m1/s1. The number of hydrogen-bond acceptors (Lipinski definition) is 9. The van der Waals surface area contributed by atoms with Gasteiger partial charge in [-0.1, -0.05) is 41.7 Å². The first-order chi connectivity index (χ1) is 22.7. The SMILES string of the molecule is CCOC(=O)C1=C(C)N=c2s/c(=C\c3c(C)n(Cc4ccc([N+](=O)[O-])cc4)c4ccccc34)c(=O)n2[C@@H]1c1ccc(OC)cc1OC. The fourth-order valence-electron chi connectivity index (χ4n) is 6.01. The minimum absolute atomic E-state index is 0.0332. The van der Waals surface area contributed by atoms with Gasteiger partial charge in [0, 0.05) is 52.5 Å². The first-order valence-electron chi connectivity index (χ1n) is 14.9. The van der Waals surface area contributed by atoms with E-state index >= 15 is 0 Å². The van der Waals surface area contributed by atoms with Crippen molar-refractivity contribution in [3.63, 3.8) is 0 Å². The lowest BCUT2D eigenvalue weighted by Crippen LogP contribution is -2.40. The van der Waals surface area contributed by atoms with Crippen LogP contribution < -0.4 is 24.4 Å². The third-order valence-corrected chi connectivity index (χ3v) is 9.28. The Hall–Kier alpha value is -5.49. The van der Waals surface area contributed by atoms with Gasteiger partial charge in [0.25, 0.3) is 11.2 Å². The van der Waals surface area contributed by atoms with Gasteiger partial charge >= 0.3 is 5.97 Å². The van der Waals surface area contributed by atoms with E-state index in [2.05, 4.69) is 4.57 Å². The summed E-state index contributed by atoms with van der Waals surface area (Å²) in [5.74, 6) is 0.457. The lowest BCUT2D eigenvalue weighted by molar-refractivity contribution is -0.384. The normalized spacial score (nSPS) is 14.6. The number of para-hydroxylation sites is 1. The number of allylic oxidation sites excluding steroid dienone is 1. The molecule has 3 heterocycles. The van der Waals surface area contributed by atoms with Crippen LogP contribution in [0.15, 0.2) is 87.8 Å². The summed E-state index contributed by atoms with van der Waals surface area (Å²) in [6, 6.07) is 18.8. The van der Waals surface area contributed by atoms with Gasteiger partial charge < -0.3 is 18.8 Å². The van der Waals surface area contributed by atoms with E-state index in [-0.39, 0.29) is 23.4 Å².